The summed E-state index contributed by atoms with van der Waals surface area (Å²) < 4.78 is 0. The zero-order chi connectivity index (χ0) is 13.8. The molecule has 2 aromatic rings. The van der Waals surface area contributed by atoms with Crippen molar-refractivity contribution in [3.63, 3.8) is 0 Å². The number of anilines is 1. The Labute approximate surface area is 111 Å². The molecule has 2 aromatic heterocycles. The summed E-state index contributed by atoms with van der Waals surface area (Å²) in [4.78, 5) is 17.4. The van der Waals surface area contributed by atoms with Gasteiger partial charge in [0, 0.05) is 43.8 Å². The molecule has 0 saturated carbocycles. The van der Waals surface area contributed by atoms with Gasteiger partial charge in [-0.3, -0.25) is 14.9 Å². The van der Waals surface area contributed by atoms with Gasteiger partial charge in [0.05, 0.1) is 6.20 Å². The molecule has 0 fully saturated rings. The number of carbonyl (C=O) groups excluding carboxylic acids is 1. The summed E-state index contributed by atoms with van der Waals surface area (Å²) in [7, 11) is 3.41. The van der Waals surface area contributed by atoms with E-state index in [9.17, 15) is 4.79 Å². The molecule has 0 aromatic carbocycles. The van der Waals surface area contributed by atoms with Gasteiger partial charge in [-0.1, -0.05) is 0 Å². The van der Waals surface area contributed by atoms with Crippen molar-refractivity contribution >= 4 is 11.6 Å². The van der Waals surface area contributed by atoms with Crippen molar-refractivity contribution in [2.24, 2.45) is 0 Å². The second-order valence-electron chi connectivity index (χ2n) is 4.50. The first-order valence-electron chi connectivity index (χ1n) is 5.98. The number of nitrogens with zero attached hydrogens (tertiary/aromatic N) is 3. The van der Waals surface area contributed by atoms with Gasteiger partial charge < -0.3 is 10.2 Å². The first kappa shape index (κ1) is 13.1. The van der Waals surface area contributed by atoms with Crippen LogP contribution in [0.2, 0.25) is 0 Å². The van der Waals surface area contributed by atoms with Crippen molar-refractivity contribution in [2.75, 3.05) is 19.4 Å². The fraction of sp³-hybridized carbons (Fsp3) is 0.308. The summed E-state index contributed by atoms with van der Waals surface area (Å²) in [6, 6.07) is 3.58. The Morgan fingerprint density at radius 2 is 2.26 bits per heavy atom. The van der Waals surface area contributed by atoms with Crippen LogP contribution in [0.15, 0.2) is 24.5 Å². The maximum Gasteiger partial charge on any atom is 0.272 e. The highest BCUT2D eigenvalue weighted by Gasteiger charge is 2.10. The van der Waals surface area contributed by atoms with E-state index in [1.54, 1.807) is 32.6 Å². The van der Waals surface area contributed by atoms with Crippen LogP contribution >= 0.6 is 0 Å². The molecule has 0 unspecified atom stereocenters. The normalized spacial score (nSPS) is 10.3. The lowest BCUT2D eigenvalue weighted by Gasteiger charge is -2.11. The van der Waals surface area contributed by atoms with Crippen LogP contribution in [-0.2, 0) is 6.54 Å². The number of H-pyrrole nitrogens is 1. The molecule has 19 heavy (non-hydrogen) atoms. The first-order chi connectivity index (χ1) is 9.08. The summed E-state index contributed by atoms with van der Waals surface area (Å²) in [5.41, 5.74) is 3.42. The number of nitrogens with one attached hydrogen (secondary N) is 2. The minimum atomic E-state index is -0.108. The third-order valence-electron chi connectivity index (χ3n) is 2.80. The molecule has 6 nitrogen and oxygen atoms in total. The molecule has 0 radical (unpaired) electrons. The van der Waals surface area contributed by atoms with Gasteiger partial charge in [0.25, 0.3) is 5.91 Å². The average molecular weight is 259 g/mol. The van der Waals surface area contributed by atoms with E-state index in [1.807, 2.05) is 13.0 Å². The van der Waals surface area contributed by atoms with E-state index in [0.717, 1.165) is 16.9 Å². The minimum Gasteiger partial charge on any atom is -0.381 e. The Balaban J connectivity index is 2.07. The van der Waals surface area contributed by atoms with E-state index in [2.05, 4.69) is 20.5 Å². The number of hydrogen-bond donors (Lipinski definition) is 2. The van der Waals surface area contributed by atoms with Gasteiger partial charge in [0.1, 0.15) is 5.69 Å². The standard InChI is InChI=1S/C13H17N5O/c1-9-10(8-16-17-9)7-15-11-4-5-14-12(6-11)13(19)18(2)3/h4-6,8H,7H2,1-3H3,(H,14,15)(H,16,17). The minimum absolute atomic E-state index is 0.108. The predicted molar refractivity (Wildman–Crippen MR) is 72.9 cm³/mol. The van der Waals surface area contributed by atoms with E-state index in [4.69, 9.17) is 0 Å². The summed E-state index contributed by atoms with van der Waals surface area (Å²) in [5, 5.41) is 10.1. The summed E-state index contributed by atoms with van der Waals surface area (Å²) in [5.74, 6) is -0.108. The SMILES string of the molecule is Cc1[nH]ncc1CNc1ccnc(C(=O)N(C)C)c1. The van der Waals surface area contributed by atoms with Crippen LogP contribution in [0.4, 0.5) is 5.69 Å². The molecule has 100 valence electrons. The molecule has 0 bridgehead atoms. The number of pyridine rings is 1. The van der Waals surface area contributed by atoms with E-state index in [0.29, 0.717) is 12.2 Å². The number of aromatic nitrogens is 3. The Morgan fingerprint density at radius 3 is 2.89 bits per heavy atom. The van der Waals surface area contributed by atoms with E-state index in [-0.39, 0.29) is 5.91 Å². The van der Waals surface area contributed by atoms with E-state index < -0.39 is 0 Å². The van der Waals surface area contributed by atoms with Crippen LogP contribution in [0.25, 0.3) is 0 Å². The molecule has 6 heteroatoms. The first-order valence-corrected chi connectivity index (χ1v) is 5.98. The topological polar surface area (TPSA) is 73.9 Å². The second-order valence-corrected chi connectivity index (χ2v) is 4.50. The van der Waals surface area contributed by atoms with Crippen molar-refractivity contribution < 1.29 is 4.79 Å². The lowest BCUT2D eigenvalue weighted by atomic mass is 10.2. The molecule has 2 heterocycles. The van der Waals surface area contributed by atoms with Gasteiger partial charge in [-0.25, -0.2) is 0 Å². The van der Waals surface area contributed by atoms with Crippen molar-refractivity contribution in [1.82, 2.24) is 20.1 Å². The molecule has 0 aliphatic carbocycles. The molecule has 2 rings (SSSR count). The number of carbonyl (C=O) groups is 1. The predicted octanol–water partition coefficient (Wildman–Crippen LogP) is 1.43. The third kappa shape index (κ3) is 3.09. The largest absolute Gasteiger partial charge is 0.381 e. The summed E-state index contributed by atoms with van der Waals surface area (Å²) >= 11 is 0. The number of aromatic amines is 1. The van der Waals surface area contributed by atoms with Gasteiger partial charge in [-0.15, -0.1) is 0 Å². The molecule has 1 amide bonds. The Bertz CT molecular complexity index is 576. The van der Waals surface area contributed by atoms with Gasteiger partial charge in [0.15, 0.2) is 0 Å². The highest BCUT2D eigenvalue weighted by molar-refractivity contribution is 5.92. The van der Waals surface area contributed by atoms with Crippen molar-refractivity contribution in [2.45, 2.75) is 13.5 Å². The molecule has 0 spiro atoms. The highest BCUT2D eigenvalue weighted by Crippen LogP contribution is 2.12. The van der Waals surface area contributed by atoms with Gasteiger partial charge in [-0.05, 0) is 19.1 Å². The zero-order valence-electron chi connectivity index (χ0n) is 11.3. The van der Waals surface area contributed by atoms with Crippen LogP contribution in [0.1, 0.15) is 21.7 Å². The number of amides is 1. The molecule has 0 atom stereocenters. The lowest BCUT2D eigenvalue weighted by molar-refractivity contribution is 0.0822. The van der Waals surface area contributed by atoms with Crippen molar-refractivity contribution in [1.29, 1.82) is 0 Å². The monoisotopic (exact) mass is 259 g/mol. The molecular weight excluding hydrogens is 242 g/mol. The van der Waals surface area contributed by atoms with Crippen LogP contribution in [0, 0.1) is 6.92 Å². The molecule has 2 N–H and O–H groups in total. The number of aryl methyl sites for hydroxylation is 1. The van der Waals surface area contributed by atoms with E-state index >= 15 is 0 Å². The lowest BCUT2D eigenvalue weighted by Crippen LogP contribution is -2.22. The molecule has 0 saturated heterocycles. The number of hydrogen-bond acceptors (Lipinski definition) is 4. The Morgan fingerprint density at radius 1 is 1.47 bits per heavy atom. The number of rotatable bonds is 4. The molecule has 0 aliphatic heterocycles. The Kier molecular flexibility index (Phi) is 3.79. The second kappa shape index (κ2) is 5.51. The summed E-state index contributed by atoms with van der Waals surface area (Å²) in [6.45, 7) is 2.62. The van der Waals surface area contributed by atoms with Crippen LogP contribution < -0.4 is 5.32 Å². The van der Waals surface area contributed by atoms with Crippen LogP contribution in [0.5, 0.6) is 0 Å². The van der Waals surface area contributed by atoms with Crippen LogP contribution in [0.3, 0.4) is 0 Å². The van der Waals surface area contributed by atoms with Crippen molar-refractivity contribution in [3.8, 4) is 0 Å². The fourth-order valence-electron chi connectivity index (χ4n) is 1.64. The highest BCUT2D eigenvalue weighted by atomic mass is 16.2. The summed E-state index contributed by atoms with van der Waals surface area (Å²) in [6.07, 6.45) is 3.41. The molecule has 0 aliphatic rings. The Hall–Kier alpha value is -2.37. The maximum atomic E-state index is 11.8. The molecular formula is C13H17N5O. The third-order valence-corrected chi connectivity index (χ3v) is 2.80. The van der Waals surface area contributed by atoms with E-state index in [1.165, 1.54) is 4.90 Å². The maximum absolute atomic E-state index is 11.8. The van der Waals surface area contributed by atoms with Crippen molar-refractivity contribution in [3.05, 3.63) is 41.5 Å². The average Bonchev–Trinajstić information content (AvgIpc) is 2.81. The quantitative estimate of drug-likeness (QED) is 0.871. The van der Waals surface area contributed by atoms with Gasteiger partial charge in [-0.2, -0.15) is 5.10 Å². The fourth-order valence-corrected chi connectivity index (χ4v) is 1.64. The van der Waals surface area contributed by atoms with Gasteiger partial charge in [0.2, 0.25) is 0 Å². The van der Waals surface area contributed by atoms with Crippen LogP contribution in [-0.4, -0.2) is 40.1 Å². The van der Waals surface area contributed by atoms with Gasteiger partial charge >= 0.3 is 0 Å². The smallest absolute Gasteiger partial charge is 0.272 e. The zero-order valence-corrected chi connectivity index (χ0v) is 11.3.